The molecule has 4 aromatic carbocycles. The summed E-state index contributed by atoms with van der Waals surface area (Å²) >= 11 is 1.36. The van der Waals surface area contributed by atoms with Gasteiger partial charge in [0.15, 0.2) is 0 Å². The molecule has 4 aromatic rings. The lowest BCUT2D eigenvalue weighted by atomic mass is 9.85. The predicted molar refractivity (Wildman–Crippen MR) is 185 cm³/mol. The average molecular weight is 656 g/mol. The zero-order valence-electron chi connectivity index (χ0n) is 25.9. The summed E-state index contributed by atoms with van der Waals surface area (Å²) < 4.78 is 28.9. The van der Waals surface area contributed by atoms with E-state index in [1.165, 1.54) is 16.1 Å². The summed E-state index contributed by atoms with van der Waals surface area (Å²) in [6, 6.07) is 36.4. The van der Waals surface area contributed by atoms with Crippen molar-refractivity contribution in [1.29, 1.82) is 0 Å². The van der Waals surface area contributed by atoms with Gasteiger partial charge in [0.2, 0.25) is 15.9 Å². The first-order valence-electron chi connectivity index (χ1n) is 15.9. The number of hydrogen-bond acceptors (Lipinski definition) is 6. The standard InChI is InChI=1S/C37H41N3O4S2/c41-35(36-40(26-27-45-36)46(43,44)33-18-16-31(17-19-33)30-12-6-2-7-13-30)38-34(32-14-8-3-9-15-32)20-23-39-24-21-37(42,22-25-39)28-29-10-4-1-5-11-29/h1-19,34,36,42H,20-28H2,(H,38,41). The monoisotopic (exact) mass is 655 g/mol. The molecule has 2 heterocycles. The Hall–Kier alpha value is -3.47. The van der Waals surface area contributed by atoms with Gasteiger partial charge in [0.1, 0.15) is 5.37 Å². The molecule has 46 heavy (non-hydrogen) atoms. The molecular weight excluding hydrogens is 615 g/mol. The van der Waals surface area contributed by atoms with Gasteiger partial charge in [0.05, 0.1) is 16.5 Å². The number of carbonyl (C=O) groups is 1. The molecule has 2 atom stereocenters. The Labute approximate surface area is 276 Å². The van der Waals surface area contributed by atoms with Gasteiger partial charge in [-0.15, -0.1) is 11.8 Å². The van der Waals surface area contributed by atoms with Gasteiger partial charge >= 0.3 is 0 Å². The molecule has 7 nitrogen and oxygen atoms in total. The summed E-state index contributed by atoms with van der Waals surface area (Å²) in [7, 11) is -3.88. The molecule has 0 bridgehead atoms. The summed E-state index contributed by atoms with van der Waals surface area (Å²) in [5, 5.41) is 13.6. The molecule has 2 saturated heterocycles. The highest BCUT2D eigenvalue weighted by Gasteiger charge is 2.41. The molecule has 2 N–H and O–H groups in total. The van der Waals surface area contributed by atoms with E-state index in [1.807, 2.05) is 91.0 Å². The third kappa shape index (κ3) is 7.73. The van der Waals surface area contributed by atoms with Crippen LogP contribution in [0.15, 0.2) is 120 Å². The van der Waals surface area contributed by atoms with Crippen LogP contribution in [0.2, 0.25) is 0 Å². The Bertz CT molecular complexity index is 1680. The Kier molecular flexibility index (Phi) is 10.3. The summed E-state index contributed by atoms with van der Waals surface area (Å²) in [4.78, 5) is 16.3. The van der Waals surface area contributed by atoms with Crippen LogP contribution in [0, 0.1) is 0 Å². The SMILES string of the molecule is O=C(NC(CCN1CCC(O)(Cc2ccccc2)CC1)c1ccccc1)C1SCCN1S(=O)(=O)c1ccc(-c2ccccc2)cc1. The van der Waals surface area contributed by atoms with Crippen LogP contribution >= 0.6 is 11.8 Å². The maximum atomic E-state index is 13.8. The van der Waals surface area contributed by atoms with E-state index in [9.17, 15) is 18.3 Å². The normalized spacial score (nSPS) is 19.5. The topological polar surface area (TPSA) is 90.0 Å². The van der Waals surface area contributed by atoms with Crippen molar-refractivity contribution >= 4 is 27.7 Å². The highest BCUT2D eigenvalue weighted by molar-refractivity contribution is 8.02. The van der Waals surface area contributed by atoms with Crippen molar-refractivity contribution < 1.29 is 18.3 Å². The van der Waals surface area contributed by atoms with Crippen LogP contribution < -0.4 is 5.32 Å². The first-order chi connectivity index (χ1) is 22.3. The second kappa shape index (κ2) is 14.5. The Morgan fingerprint density at radius 1 is 0.826 bits per heavy atom. The minimum absolute atomic E-state index is 0.185. The lowest BCUT2D eigenvalue weighted by Crippen LogP contribution is -2.47. The number of rotatable bonds is 11. The zero-order chi connectivity index (χ0) is 32.0. The number of benzene rings is 4. The lowest BCUT2D eigenvalue weighted by molar-refractivity contribution is -0.123. The van der Waals surface area contributed by atoms with E-state index in [0.29, 0.717) is 31.4 Å². The largest absolute Gasteiger partial charge is 0.389 e. The third-order valence-corrected chi connectivity index (χ3v) is 12.3. The van der Waals surface area contributed by atoms with Crippen LogP contribution in [0.4, 0.5) is 0 Å². The van der Waals surface area contributed by atoms with Gasteiger partial charge in [-0.1, -0.05) is 103 Å². The van der Waals surface area contributed by atoms with Crippen LogP contribution in [0.1, 0.15) is 36.4 Å². The number of carbonyl (C=O) groups excluding carboxylic acids is 1. The lowest BCUT2D eigenvalue weighted by Gasteiger charge is -2.39. The van der Waals surface area contributed by atoms with Gasteiger partial charge < -0.3 is 15.3 Å². The van der Waals surface area contributed by atoms with E-state index < -0.39 is 21.0 Å². The van der Waals surface area contributed by atoms with Gasteiger partial charge in [-0.3, -0.25) is 4.79 Å². The van der Waals surface area contributed by atoms with Crippen molar-refractivity contribution in [2.45, 2.75) is 47.6 Å². The van der Waals surface area contributed by atoms with Crippen molar-refractivity contribution in [3.8, 4) is 11.1 Å². The molecule has 9 heteroatoms. The summed E-state index contributed by atoms with van der Waals surface area (Å²) in [6.45, 7) is 2.61. The molecule has 0 spiro atoms. The zero-order valence-corrected chi connectivity index (χ0v) is 27.5. The van der Waals surface area contributed by atoms with Gasteiger partial charge in [0, 0.05) is 38.4 Å². The number of thioether (sulfide) groups is 1. The van der Waals surface area contributed by atoms with Crippen molar-refractivity contribution in [2.75, 3.05) is 31.9 Å². The number of sulfonamides is 1. The summed E-state index contributed by atoms with van der Waals surface area (Å²) in [6.07, 6.45) is 2.72. The van der Waals surface area contributed by atoms with Crippen LogP contribution in [0.3, 0.4) is 0 Å². The van der Waals surface area contributed by atoms with E-state index in [4.69, 9.17) is 0 Å². The van der Waals surface area contributed by atoms with Gasteiger partial charge in [0.25, 0.3) is 0 Å². The van der Waals surface area contributed by atoms with Crippen molar-refractivity contribution in [3.05, 3.63) is 126 Å². The number of nitrogens with one attached hydrogen (secondary N) is 1. The highest BCUT2D eigenvalue weighted by Crippen LogP contribution is 2.33. The molecule has 0 saturated carbocycles. The van der Waals surface area contributed by atoms with Gasteiger partial charge in [-0.25, -0.2) is 8.42 Å². The number of nitrogens with zero attached hydrogens (tertiary/aromatic N) is 2. The van der Waals surface area contributed by atoms with E-state index in [2.05, 4.69) is 22.3 Å². The number of aliphatic hydroxyl groups is 1. The smallest absolute Gasteiger partial charge is 0.249 e. The number of piperidine rings is 1. The second-order valence-corrected chi connectivity index (χ2v) is 15.3. The average Bonchev–Trinajstić information content (AvgIpc) is 3.60. The highest BCUT2D eigenvalue weighted by atomic mass is 32.2. The number of amides is 1. The minimum atomic E-state index is -3.88. The quantitative estimate of drug-likeness (QED) is 0.215. The molecule has 6 rings (SSSR count). The Morgan fingerprint density at radius 2 is 1.41 bits per heavy atom. The van der Waals surface area contributed by atoms with Crippen LogP contribution in [0.5, 0.6) is 0 Å². The molecule has 0 aromatic heterocycles. The van der Waals surface area contributed by atoms with E-state index in [0.717, 1.165) is 41.9 Å². The molecule has 240 valence electrons. The molecule has 0 aliphatic carbocycles. The molecular formula is C37H41N3O4S2. The molecule has 2 unspecified atom stereocenters. The van der Waals surface area contributed by atoms with Crippen molar-refractivity contribution in [2.24, 2.45) is 0 Å². The molecule has 2 aliphatic rings. The minimum Gasteiger partial charge on any atom is -0.389 e. The van der Waals surface area contributed by atoms with Crippen molar-refractivity contribution in [1.82, 2.24) is 14.5 Å². The predicted octanol–water partition coefficient (Wildman–Crippen LogP) is 5.73. The molecule has 2 aliphatic heterocycles. The van der Waals surface area contributed by atoms with Crippen molar-refractivity contribution in [3.63, 3.8) is 0 Å². The molecule has 2 fully saturated rings. The first-order valence-corrected chi connectivity index (χ1v) is 18.4. The first kappa shape index (κ1) is 32.5. The number of likely N-dealkylation sites (tertiary alicyclic amines) is 1. The van der Waals surface area contributed by atoms with Gasteiger partial charge in [-0.05, 0) is 53.6 Å². The van der Waals surface area contributed by atoms with E-state index >= 15 is 0 Å². The Morgan fingerprint density at radius 3 is 2.07 bits per heavy atom. The number of hydrogen-bond donors (Lipinski definition) is 2. The molecule has 0 radical (unpaired) electrons. The fourth-order valence-corrected chi connectivity index (χ4v) is 9.49. The van der Waals surface area contributed by atoms with Crippen LogP contribution in [-0.2, 0) is 21.2 Å². The molecule has 1 amide bonds. The van der Waals surface area contributed by atoms with E-state index in [1.54, 1.807) is 12.1 Å². The van der Waals surface area contributed by atoms with E-state index in [-0.39, 0.29) is 23.4 Å². The summed E-state index contributed by atoms with van der Waals surface area (Å²) in [5.74, 6) is 0.256. The maximum absolute atomic E-state index is 13.8. The second-order valence-electron chi connectivity index (χ2n) is 12.2. The Balaban J connectivity index is 1.10. The third-order valence-electron chi connectivity index (χ3n) is 9.06. The van der Waals surface area contributed by atoms with Crippen LogP contribution in [-0.4, -0.2) is 71.5 Å². The fourth-order valence-electron chi connectivity index (χ4n) is 6.40. The summed E-state index contributed by atoms with van der Waals surface area (Å²) in [5.41, 5.74) is 3.38. The van der Waals surface area contributed by atoms with Gasteiger partial charge in [-0.2, -0.15) is 4.31 Å². The van der Waals surface area contributed by atoms with Crippen LogP contribution in [0.25, 0.3) is 11.1 Å². The maximum Gasteiger partial charge on any atom is 0.249 e. The fraction of sp³-hybridized carbons (Fsp3) is 0.324.